The van der Waals surface area contributed by atoms with Gasteiger partial charge in [-0.25, -0.2) is 0 Å². The molecule has 1 aromatic heterocycles. The van der Waals surface area contributed by atoms with Crippen molar-refractivity contribution >= 4 is 0 Å². The lowest BCUT2D eigenvalue weighted by Gasteiger charge is -2.00. The third-order valence-corrected chi connectivity index (χ3v) is 1.83. The van der Waals surface area contributed by atoms with Crippen LogP contribution in [0.15, 0.2) is 18.2 Å². The average Bonchev–Trinajstić information content (AvgIpc) is 2.05. The first-order valence-electron chi connectivity index (χ1n) is 4.45. The van der Waals surface area contributed by atoms with E-state index in [9.17, 15) is 0 Å². The monoisotopic (exact) mass is 164 g/mol. The van der Waals surface area contributed by atoms with Crippen molar-refractivity contribution in [2.75, 3.05) is 6.54 Å². The van der Waals surface area contributed by atoms with Crippen molar-refractivity contribution in [1.82, 2.24) is 4.98 Å². The van der Waals surface area contributed by atoms with Crippen LogP contribution in [-0.4, -0.2) is 11.5 Å². The molecule has 2 nitrogen and oxygen atoms in total. The lowest BCUT2D eigenvalue weighted by molar-refractivity contribution is 0.731. The lowest BCUT2D eigenvalue weighted by Crippen LogP contribution is -2.00. The molecular weight excluding hydrogens is 148 g/mol. The standard InChI is InChI=1S/C10H16N2/c1-9-5-4-7-10(12-9)6-2-3-8-11/h4-5,7H,2-3,6,8,11H2,1H3. The normalized spacial score (nSPS) is 10.2. The molecular formula is C10H16N2. The summed E-state index contributed by atoms with van der Waals surface area (Å²) in [6.45, 7) is 2.80. The van der Waals surface area contributed by atoms with E-state index >= 15 is 0 Å². The van der Waals surface area contributed by atoms with E-state index in [1.807, 2.05) is 13.0 Å². The molecule has 0 bridgehead atoms. The molecule has 0 saturated carbocycles. The van der Waals surface area contributed by atoms with Gasteiger partial charge in [-0.3, -0.25) is 4.98 Å². The zero-order chi connectivity index (χ0) is 8.81. The van der Waals surface area contributed by atoms with Gasteiger partial charge >= 0.3 is 0 Å². The van der Waals surface area contributed by atoms with Crippen LogP contribution in [0.25, 0.3) is 0 Å². The van der Waals surface area contributed by atoms with Crippen molar-refractivity contribution in [3.05, 3.63) is 29.6 Å². The van der Waals surface area contributed by atoms with Crippen molar-refractivity contribution in [2.24, 2.45) is 5.73 Å². The van der Waals surface area contributed by atoms with Gasteiger partial charge < -0.3 is 5.73 Å². The maximum absolute atomic E-state index is 5.40. The van der Waals surface area contributed by atoms with E-state index in [1.165, 1.54) is 5.69 Å². The second kappa shape index (κ2) is 4.88. The number of nitrogens with two attached hydrogens (primary N) is 1. The lowest BCUT2D eigenvalue weighted by atomic mass is 10.2. The molecule has 0 unspecified atom stereocenters. The van der Waals surface area contributed by atoms with Gasteiger partial charge in [0.05, 0.1) is 0 Å². The first-order chi connectivity index (χ1) is 5.83. The minimum atomic E-state index is 0.784. The Morgan fingerprint density at radius 1 is 1.33 bits per heavy atom. The van der Waals surface area contributed by atoms with Gasteiger partial charge in [0.1, 0.15) is 0 Å². The molecule has 1 rings (SSSR count). The van der Waals surface area contributed by atoms with Crippen LogP contribution in [0.3, 0.4) is 0 Å². The van der Waals surface area contributed by atoms with Crippen LogP contribution in [0.1, 0.15) is 24.2 Å². The van der Waals surface area contributed by atoms with Gasteiger partial charge in [-0.05, 0) is 44.9 Å². The molecule has 0 saturated heterocycles. The Morgan fingerprint density at radius 2 is 2.17 bits per heavy atom. The molecule has 0 aliphatic rings. The zero-order valence-corrected chi connectivity index (χ0v) is 7.59. The number of nitrogens with zero attached hydrogens (tertiary/aromatic N) is 1. The molecule has 0 aromatic carbocycles. The summed E-state index contributed by atoms with van der Waals surface area (Å²) in [5, 5.41) is 0. The van der Waals surface area contributed by atoms with Gasteiger partial charge in [0, 0.05) is 11.4 Å². The molecule has 0 amide bonds. The molecule has 0 aliphatic carbocycles. The molecule has 12 heavy (non-hydrogen) atoms. The minimum Gasteiger partial charge on any atom is -0.330 e. The van der Waals surface area contributed by atoms with Crippen LogP contribution in [0.2, 0.25) is 0 Å². The van der Waals surface area contributed by atoms with E-state index in [0.29, 0.717) is 0 Å². The van der Waals surface area contributed by atoms with Crippen molar-refractivity contribution < 1.29 is 0 Å². The number of aryl methyl sites for hydroxylation is 2. The summed E-state index contributed by atoms with van der Waals surface area (Å²) in [7, 11) is 0. The fourth-order valence-electron chi connectivity index (χ4n) is 1.19. The Morgan fingerprint density at radius 3 is 2.83 bits per heavy atom. The molecule has 1 aromatic rings. The van der Waals surface area contributed by atoms with Gasteiger partial charge in [-0.1, -0.05) is 6.07 Å². The number of unbranched alkanes of at least 4 members (excludes halogenated alkanes) is 1. The molecule has 0 spiro atoms. The highest BCUT2D eigenvalue weighted by atomic mass is 14.7. The maximum Gasteiger partial charge on any atom is 0.0406 e. The highest BCUT2D eigenvalue weighted by Gasteiger charge is 1.93. The summed E-state index contributed by atoms with van der Waals surface area (Å²) in [5.41, 5.74) is 7.68. The average molecular weight is 164 g/mol. The predicted octanol–water partition coefficient (Wildman–Crippen LogP) is 1.67. The van der Waals surface area contributed by atoms with Crippen molar-refractivity contribution in [3.8, 4) is 0 Å². The van der Waals surface area contributed by atoms with Gasteiger partial charge in [-0.15, -0.1) is 0 Å². The maximum atomic E-state index is 5.40. The van der Waals surface area contributed by atoms with E-state index in [4.69, 9.17) is 5.73 Å². The van der Waals surface area contributed by atoms with E-state index in [1.54, 1.807) is 0 Å². The summed E-state index contributed by atoms with van der Waals surface area (Å²) in [6.07, 6.45) is 3.29. The van der Waals surface area contributed by atoms with E-state index < -0.39 is 0 Å². The fraction of sp³-hybridized carbons (Fsp3) is 0.500. The largest absolute Gasteiger partial charge is 0.330 e. The van der Waals surface area contributed by atoms with Gasteiger partial charge in [-0.2, -0.15) is 0 Å². The predicted molar refractivity (Wildman–Crippen MR) is 51.0 cm³/mol. The second-order valence-corrected chi connectivity index (χ2v) is 3.02. The Bertz CT molecular complexity index is 233. The molecule has 66 valence electrons. The third kappa shape index (κ3) is 3.01. The zero-order valence-electron chi connectivity index (χ0n) is 7.59. The van der Waals surface area contributed by atoms with E-state index in [-0.39, 0.29) is 0 Å². The Kier molecular flexibility index (Phi) is 3.74. The summed E-state index contributed by atoms with van der Waals surface area (Å²) >= 11 is 0. The summed E-state index contributed by atoms with van der Waals surface area (Å²) in [5.74, 6) is 0. The Hall–Kier alpha value is -0.890. The van der Waals surface area contributed by atoms with Crippen LogP contribution in [0, 0.1) is 6.92 Å². The Labute approximate surface area is 73.8 Å². The van der Waals surface area contributed by atoms with Crippen molar-refractivity contribution in [1.29, 1.82) is 0 Å². The molecule has 0 atom stereocenters. The van der Waals surface area contributed by atoms with Crippen molar-refractivity contribution in [3.63, 3.8) is 0 Å². The smallest absolute Gasteiger partial charge is 0.0406 e. The van der Waals surface area contributed by atoms with E-state index in [2.05, 4.69) is 17.1 Å². The van der Waals surface area contributed by atoms with Gasteiger partial charge in [0.25, 0.3) is 0 Å². The van der Waals surface area contributed by atoms with Crippen LogP contribution in [-0.2, 0) is 6.42 Å². The SMILES string of the molecule is Cc1cccc(CCCCN)n1. The summed E-state index contributed by atoms with van der Waals surface area (Å²) < 4.78 is 0. The van der Waals surface area contributed by atoms with Crippen LogP contribution in [0.5, 0.6) is 0 Å². The quantitative estimate of drug-likeness (QED) is 0.687. The molecule has 2 N–H and O–H groups in total. The number of pyridine rings is 1. The summed E-state index contributed by atoms with van der Waals surface area (Å²) in [6, 6.07) is 6.15. The van der Waals surface area contributed by atoms with Crippen LogP contribution in [0.4, 0.5) is 0 Å². The van der Waals surface area contributed by atoms with Crippen molar-refractivity contribution in [2.45, 2.75) is 26.2 Å². The number of aromatic nitrogens is 1. The first-order valence-corrected chi connectivity index (χ1v) is 4.45. The topological polar surface area (TPSA) is 38.9 Å². The fourth-order valence-corrected chi connectivity index (χ4v) is 1.19. The first kappa shape index (κ1) is 9.20. The number of hydrogen-bond donors (Lipinski definition) is 1. The number of hydrogen-bond acceptors (Lipinski definition) is 2. The molecule has 0 radical (unpaired) electrons. The van der Waals surface area contributed by atoms with E-state index in [0.717, 1.165) is 31.5 Å². The van der Waals surface area contributed by atoms with Crippen LogP contribution >= 0.6 is 0 Å². The number of rotatable bonds is 4. The third-order valence-electron chi connectivity index (χ3n) is 1.83. The molecule has 1 heterocycles. The molecule has 0 aliphatic heterocycles. The Balaban J connectivity index is 2.41. The minimum absolute atomic E-state index is 0.784. The summed E-state index contributed by atoms with van der Waals surface area (Å²) in [4.78, 5) is 4.40. The molecule has 2 heteroatoms. The second-order valence-electron chi connectivity index (χ2n) is 3.02. The van der Waals surface area contributed by atoms with Gasteiger partial charge in [0.2, 0.25) is 0 Å². The van der Waals surface area contributed by atoms with Gasteiger partial charge in [0.15, 0.2) is 0 Å². The van der Waals surface area contributed by atoms with Crippen LogP contribution < -0.4 is 5.73 Å². The molecule has 0 fully saturated rings. The highest BCUT2D eigenvalue weighted by molar-refractivity contribution is 5.09. The highest BCUT2D eigenvalue weighted by Crippen LogP contribution is 2.02.